The van der Waals surface area contributed by atoms with Gasteiger partial charge >= 0.3 is 12.1 Å². The SMILES string of the molecule is CCNC(=O)CC[C@H](NC(=O)OCc1ccccc1)C(=O)OC(C)(C)C. The topological polar surface area (TPSA) is 93.7 Å². The first-order valence-electron chi connectivity index (χ1n) is 8.68. The monoisotopic (exact) mass is 364 g/mol. The highest BCUT2D eigenvalue weighted by Crippen LogP contribution is 2.11. The number of nitrogens with one attached hydrogen (secondary N) is 2. The first-order valence-corrected chi connectivity index (χ1v) is 8.68. The van der Waals surface area contributed by atoms with Crippen molar-refractivity contribution in [2.75, 3.05) is 6.54 Å². The van der Waals surface area contributed by atoms with E-state index in [1.54, 1.807) is 20.8 Å². The van der Waals surface area contributed by atoms with Gasteiger partial charge in [-0.05, 0) is 39.7 Å². The van der Waals surface area contributed by atoms with Crippen LogP contribution in [0.5, 0.6) is 0 Å². The molecule has 0 heterocycles. The Bertz CT molecular complexity index is 596. The zero-order valence-electron chi connectivity index (χ0n) is 15.8. The summed E-state index contributed by atoms with van der Waals surface area (Å²) in [4.78, 5) is 36.0. The molecule has 0 unspecified atom stereocenters. The smallest absolute Gasteiger partial charge is 0.408 e. The molecule has 0 aliphatic rings. The van der Waals surface area contributed by atoms with Crippen molar-refractivity contribution in [2.24, 2.45) is 0 Å². The minimum Gasteiger partial charge on any atom is -0.458 e. The maximum atomic E-state index is 12.3. The van der Waals surface area contributed by atoms with Gasteiger partial charge in [-0.3, -0.25) is 4.79 Å². The van der Waals surface area contributed by atoms with E-state index in [1.165, 1.54) is 0 Å². The number of benzene rings is 1. The van der Waals surface area contributed by atoms with Crippen molar-refractivity contribution in [1.29, 1.82) is 0 Å². The van der Waals surface area contributed by atoms with E-state index in [1.807, 2.05) is 37.3 Å². The molecule has 7 nitrogen and oxygen atoms in total. The highest BCUT2D eigenvalue weighted by atomic mass is 16.6. The average molecular weight is 364 g/mol. The standard InChI is InChI=1S/C19H28N2O5/c1-5-20-16(22)12-11-15(17(23)26-19(2,3)4)21-18(24)25-13-14-9-7-6-8-10-14/h6-10,15H,5,11-13H2,1-4H3,(H,20,22)(H,21,24)/t15-/m0/s1. The summed E-state index contributed by atoms with van der Waals surface area (Å²) in [6, 6.07) is 8.24. The van der Waals surface area contributed by atoms with Crippen molar-refractivity contribution in [3.05, 3.63) is 35.9 Å². The molecular weight excluding hydrogens is 336 g/mol. The van der Waals surface area contributed by atoms with E-state index in [0.29, 0.717) is 6.54 Å². The number of rotatable bonds is 8. The summed E-state index contributed by atoms with van der Waals surface area (Å²) in [6.07, 6.45) is -0.515. The van der Waals surface area contributed by atoms with Gasteiger partial charge in [-0.2, -0.15) is 0 Å². The van der Waals surface area contributed by atoms with Crippen LogP contribution in [0, 0.1) is 0 Å². The summed E-state index contributed by atoms with van der Waals surface area (Å²) in [6.45, 7) is 7.60. The van der Waals surface area contributed by atoms with Gasteiger partial charge in [0.1, 0.15) is 18.2 Å². The van der Waals surface area contributed by atoms with E-state index in [2.05, 4.69) is 10.6 Å². The number of amides is 2. The molecule has 2 amide bonds. The second-order valence-electron chi connectivity index (χ2n) is 6.78. The highest BCUT2D eigenvalue weighted by molar-refractivity contribution is 5.83. The molecule has 0 aromatic heterocycles. The molecule has 1 atom stereocenters. The second-order valence-corrected chi connectivity index (χ2v) is 6.78. The lowest BCUT2D eigenvalue weighted by atomic mass is 10.1. The molecule has 0 bridgehead atoms. The molecule has 7 heteroatoms. The molecule has 144 valence electrons. The van der Waals surface area contributed by atoms with Crippen LogP contribution >= 0.6 is 0 Å². The fourth-order valence-corrected chi connectivity index (χ4v) is 2.09. The largest absolute Gasteiger partial charge is 0.458 e. The maximum Gasteiger partial charge on any atom is 0.408 e. The van der Waals surface area contributed by atoms with Crippen molar-refractivity contribution < 1.29 is 23.9 Å². The lowest BCUT2D eigenvalue weighted by Gasteiger charge is -2.24. The first-order chi connectivity index (χ1) is 12.2. The zero-order valence-corrected chi connectivity index (χ0v) is 15.8. The van der Waals surface area contributed by atoms with Crippen LogP contribution in [0.3, 0.4) is 0 Å². The van der Waals surface area contributed by atoms with Crippen LogP contribution in [-0.2, 0) is 25.7 Å². The third kappa shape index (κ3) is 9.05. The number of ether oxygens (including phenoxy) is 2. The van der Waals surface area contributed by atoms with Crippen LogP contribution < -0.4 is 10.6 Å². The Morgan fingerprint density at radius 2 is 1.77 bits per heavy atom. The number of carbonyl (C=O) groups excluding carboxylic acids is 3. The van der Waals surface area contributed by atoms with Gasteiger partial charge in [0.15, 0.2) is 0 Å². The van der Waals surface area contributed by atoms with Crippen LogP contribution in [-0.4, -0.2) is 36.2 Å². The normalized spacial score (nSPS) is 12.0. The third-order valence-corrected chi connectivity index (χ3v) is 3.23. The Morgan fingerprint density at radius 1 is 1.12 bits per heavy atom. The minimum atomic E-state index is -0.958. The molecule has 0 saturated heterocycles. The van der Waals surface area contributed by atoms with Crippen molar-refractivity contribution in [2.45, 2.75) is 58.8 Å². The molecular formula is C19H28N2O5. The van der Waals surface area contributed by atoms with Crippen LogP contribution in [0.2, 0.25) is 0 Å². The Labute approximate surface area is 154 Å². The maximum absolute atomic E-state index is 12.3. The molecule has 1 aromatic carbocycles. The number of hydrogen-bond donors (Lipinski definition) is 2. The predicted octanol–water partition coefficient (Wildman–Crippen LogP) is 2.54. The molecule has 0 saturated carbocycles. The van der Waals surface area contributed by atoms with Gasteiger partial charge < -0.3 is 20.1 Å². The van der Waals surface area contributed by atoms with Crippen molar-refractivity contribution >= 4 is 18.0 Å². The number of hydrogen-bond acceptors (Lipinski definition) is 5. The number of alkyl carbamates (subject to hydrolysis) is 1. The van der Waals surface area contributed by atoms with E-state index in [0.717, 1.165) is 5.56 Å². The van der Waals surface area contributed by atoms with Gasteiger partial charge in [0, 0.05) is 13.0 Å². The summed E-state index contributed by atoms with van der Waals surface area (Å²) < 4.78 is 10.4. The van der Waals surface area contributed by atoms with E-state index in [9.17, 15) is 14.4 Å². The Balaban J connectivity index is 2.62. The third-order valence-electron chi connectivity index (χ3n) is 3.23. The fraction of sp³-hybridized carbons (Fsp3) is 0.526. The molecule has 0 radical (unpaired) electrons. The van der Waals surface area contributed by atoms with Crippen LogP contribution in [0.4, 0.5) is 4.79 Å². The second kappa shape index (κ2) is 10.4. The summed E-state index contributed by atoms with van der Waals surface area (Å²) in [5.74, 6) is -0.793. The van der Waals surface area contributed by atoms with E-state index >= 15 is 0 Å². The summed E-state index contributed by atoms with van der Waals surface area (Å²) in [7, 11) is 0. The zero-order chi connectivity index (χ0) is 19.6. The van der Waals surface area contributed by atoms with Crippen molar-refractivity contribution in [3.63, 3.8) is 0 Å². The molecule has 1 rings (SSSR count). The first kappa shape index (κ1) is 21.5. The Morgan fingerprint density at radius 3 is 2.35 bits per heavy atom. The fourth-order valence-electron chi connectivity index (χ4n) is 2.09. The van der Waals surface area contributed by atoms with Gasteiger partial charge in [-0.15, -0.1) is 0 Å². The molecule has 0 fully saturated rings. The van der Waals surface area contributed by atoms with E-state index < -0.39 is 23.7 Å². The highest BCUT2D eigenvalue weighted by Gasteiger charge is 2.27. The molecule has 26 heavy (non-hydrogen) atoms. The average Bonchev–Trinajstić information content (AvgIpc) is 2.56. The Hall–Kier alpha value is -2.57. The number of carbonyl (C=O) groups is 3. The van der Waals surface area contributed by atoms with Crippen LogP contribution in [0.15, 0.2) is 30.3 Å². The molecule has 2 N–H and O–H groups in total. The van der Waals surface area contributed by atoms with Gasteiger partial charge in [-0.25, -0.2) is 9.59 Å². The van der Waals surface area contributed by atoms with Gasteiger partial charge in [0.05, 0.1) is 0 Å². The quantitative estimate of drug-likeness (QED) is 0.692. The molecule has 0 aliphatic heterocycles. The summed E-state index contributed by atoms with van der Waals surface area (Å²) in [5, 5.41) is 5.14. The summed E-state index contributed by atoms with van der Waals surface area (Å²) in [5.41, 5.74) is 0.134. The lowest BCUT2D eigenvalue weighted by molar-refractivity contribution is -0.157. The summed E-state index contributed by atoms with van der Waals surface area (Å²) >= 11 is 0. The van der Waals surface area contributed by atoms with Crippen LogP contribution in [0.1, 0.15) is 46.1 Å². The lowest BCUT2D eigenvalue weighted by Crippen LogP contribution is -2.45. The molecule has 0 aliphatic carbocycles. The van der Waals surface area contributed by atoms with Crippen molar-refractivity contribution in [1.82, 2.24) is 10.6 Å². The van der Waals surface area contributed by atoms with E-state index in [4.69, 9.17) is 9.47 Å². The van der Waals surface area contributed by atoms with Crippen molar-refractivity contribution in [3.8, 4) is 0 Å². The van der Waals surface area contributed by atoms with Gasteiger partial charge in [-0.1, -0.05) is 30.3 Å². The predicted molar refractivity (Wildman–Crippen MR) is 97.3 cm³/mol. The van der Waals surface area contributed by atoms with E-state index in [-0.39, 0.29) is 25.4 Å². The Kier molecular flexibility index (Phi) is 8.61. The van der Waals surface area contributed by atoms with Gasteiger partial charge in [0.2, 0.25) is 5.91 Å². The molecule has 0 spiro atoms. The van der Waals surface area contributed by atoms with Gasteiger partial charge in [0.25, 0.3) is 0 Å². The van der Waals surface area contributed by atoms with Crippen LogP contribution in [0.25, 0.3) is 0 Å². The minimum absolute atomic E-state index is 0.0873. The molecule has 1 aromatic rings. The number of esters is 1.